The molecule has 3 aliphatic rings. The Morgan fingerprint density at radius 2 is 1.88 bits per heavy atom. The Labute approximate surface area is 106 Å². The van der Waals surface area contributed by atoms with Gasteiger partial charge in [0.1, 0.15) is 0 Å². The van der Waals surface area contributed by atoms with Crippen molar-refractivity contribution < 1.29 is 0 Å². The lowest BCUT2D eigenvalue weighted by Crippen LogP contribution is -2.52. The molecule has 0 bridgehead atoms. The van der Waals surface area contributed by atoms with Crippen LogP contribution in [0.3, 0.4) is 0 Å². The molecular weight excluding hydrogens is 208 g/mol. The first kappa shape index (κ1) is 11.7. The molecule has 2 fully saturated rings. The van der Waals surface area contributed by atoms with Crippen molar-refractivity contribution in [3.8, 4) is 0 Å². The summed E-state index contributed by atoms with van der Waals surface area (Å²) < 4.78 is 0. The molecule has 96 valence electrons. The molecule has 1 saturated heterocycles. The van der Waals surface area contributed by atoms with Gasteiger partial charge in [-0.3, -0.25) is 4.90 Å². The van der Waals surface area contributed by atoms with Crippen molar-refractivity contribution in [1.29, 1.82) is 0 Å². The summed E-state index contributed by atoms with van der Waals surface area (Å²) in [5.41, 5.74) is 1.81. The number of piperazine rings is 1. The van der Waals surface area contributed by atoms with E-state index in [4.69, 9.17) is 0 Å². The van der Waals surface area contributed by atoms with Gasteiger partial charge in [0.15, 0.2) is 0 Å². The average molecular weight is 234 g/mol. The van der Waals surface area contributed by atoms with Crippen LogP contribution in [-0.4, -0.2) is 49.1 Å². The average Bonchev–Trinajstić information content (AvgIpc) is 2.39. The highest BCUT2D eigenvalue weighted by atomic mass is 15.3. The third-order valence-electron chi connectivity index (χ3n) is 5.04. The summed E-state index contributed by atoms with van der Waals surface area (Å²) in [5.74, 6) is 0.918. The number of hydrogen-bond acceptors (Lipinski definition) is 2. The number of rotatable bonds is 1. The molecule has 17 heavy (non-hydrogen) atoms. The summed E-state index contributed by atoms with van der Waals surface area (Å²) in [5, 5.41) is 0. The molecule has 0 aromatic carbocycles. The second-order valence-corrected chi connectivity index (χ2v) is 6.12. The van der Waals surface area contributed by atoms with E-state index in [1.807, 2.05) is 5.57 Å². The Morgan fingerprint density at radius 1 is 1.06 bits per heavy atom. The normalized spacial score (nSPS) is 36.4. The molecule has 1 saturated carbocycles. The zero-order valence-corrected chi connectivity index (χ0v) is 11.2. The summed E-state index contributed by atoms with van der Waals surface area (Å²) in [7, 11) is 2.25. The van der Waals surface area contributed by atoms with E-state index in [2.05, 4.69) is 22.9 Å². The molecule has 2 unspecified atom stereocenters. The Balaban J connectivity index is 1.69. The lowest BCUT2D eigenvalue weighted by molar-refractivity contribution is 0.0696. The van der Waals surface area contributed by atoms with Crippen LogP contribution >= 0.6 is 0 Å². The van der Waals surface area contributed by atoms with Gasteiger partial charge in [0, 0.05) is 32.2 Å². The van der Waals surface area contributed by atoms with E-state index in [0.717, 1.165) is 12.0 Å². The molecule has 3 rings (SSSR count). The molecule has 2 aliphatic carbocycles. The predicted octanol–water partition coefficient (Wildman–Crippen LogP) is 2.51. The summed E-state index contributed by atoms with van der Waals surface area (Å²) in [6, 6.07) is 0.879. The fourth-order valence-corrected chi connectivity index (χ4v) is 4.00. The van der Waals surface area contributed by atoms with Crippen molar-refractivity contribution in [3.05, 3.63) is 11.6 Å². The lowest BCUT2D eigenvalue weighted by Gasteiger charge is -2.45. The van der Waals surface area contributed by atoms with Crippen LogP contribution in [0.1, 0.15) is 38.5 Å². The maximum absolute atomic E-state index is 2.79. The van der Waals surface area contributed by atoms with Gasteiger partial charge in [-0.15, -0.1) is 0 Å². The molecule has 0 amide bonds. The first-order chi connectivity index (χ1) is 8.34. The first-order valence-corrected chi connectivity index (χ1v) is 7.46. The summed E-state index contributed by atoms with van der Waals surface area (Å²) in [4.78, 5) is 5.26. The van der Waals surface area contributed by atoms with E-state index in [0.29, 0.717) is 0 Å². The molecular formula is C15H26N2. The van der Waals surface area contributed by atoms with Gasteiger partial charge in [0.05, 0.1) is 0 Å². The number of nitrogens with zero attached hydrogens (tertiary/aromatic N) is 2. The summed E-state index contributed by atoms with van der Waals surface area (Å²) in [6.45, 7) is 5.13. The highest BCUT2D eigenvalue weighted by molar-refractivity contribution is 5.15. The van der Waals surface area contributed by atoms with E-state index >= 15 is 0 Å². The van der Waals surface area contributed by atoms with Gasteiger partial charge in [0.2, 0.25) is 0 Å². The van der Waals surface area contributed by atoms with Crippen LogP contribution in [0.15, 0.2) is 11.6 Å². The third-order valence-corrected chi connectivity index (χ3v) is 5.04. The number of fused-ring (bicyclic) bond motifs is 1. The number of likely N-dealkylation sites (N-methyl/N-ethyl adjacent to an activating group) is 1. The number of hydrogen-bond donors (Lipinski definition) is 0. The van der Waals surface area contributed by atoms with Crippen molar-refractivity contribution >= 4 is 0 Å². The van der Waals surface area contributed by atoms with Gasteiger partial charge in [0.25, 0.3) is 0 Å². The Hall–Kier alpha value is -0.340. The topological polar surface area (TPSA) is 6.48 Å². The Kier molecular flexibility index (Phi) is 3.53. The van der Waals surface area contributed by atoms with Crippen LogP contribution in [0.5, 0.6) is 0 Å². The molecule has 2 heteroatoms. The van der Waals surface area contributed by atoms with Crippen LogP contribution < -0.4 is 0 Å². The Morgan fingerprint density at radius 3 is 2.71 bits per heavy atom. The minimum atomic E-state index is 0.879. The van der Waals surface area contributed by atoms with Crippen LogP contribution in [-0.2, 0) is 0 Å². The largest absolute Gasteiger partial charge is 0.304 e. The maximum Gasteiger partial charge on any atom is 0.0162 e. The molecule has 0 aromatic heterocycles. The van der Waals surface area contributed by atoms with Crippen LogP contribution in [0, 0.1) is 5.92 Å². The van der Waals surface area contributed by atoms with E-state index in [1.165, 1.54) is 64.7 Å². The van der Waals surface area contributed by atoms with Gasteiger partial charge in [-0.1, -0.05) is 11.6 Å². The highest BCUT2D eigenvalue weighted by Crippen LogP contribution is 2.39. The minimum absolute atomic E-state index is 0.879. The zero-order chi connectivity index (χ0) is 11.7. The standard InChI is InChI=1S/C15H26N2/c1-16-9-11-17(12-10-16)15-8-4-6-13-5-2-3-7-14(13)15/h5,14-15H,2-4,6-12H2,1H3. The smallest absolute Gasteiger partial charge is 0.0162 e. The molecule has 1 aliphatic heterocycles. The van der Waals surface area contributed by atoms with E-state index in [1.54, 1.807) is 0 Å². The van der Waals surface area contributed by atoms with Crippen molar-refractivity contribution in [2.24, 2.45) is 5.92 Å². The maximum atomic E-state index is 2.79. The zero-order valence-electron chi connectivity index (χ0n) is 11.2. The molecule has 1 heterocycles. The van der Waals surface area contributed by atoms with Gasteiger partial charge in [-0.25, -0.2) is 0 Å². The van der Waals surface area contributed by atoms with Crippen molar-refractivity contribution in [2.75, 3.05) is 33.2 Å². The van der Waals surface area contributed by atoms with E-state index in [-0.39, 0.29) is 0 Å². The molecule has 0 spiro atoms. The van der Waals surface area contributed by atoms with Crippen LogP contribution in [0.4, 0.5) is 0 Å². The van der Waals surface area contributed by atoms with Crippen LogP contribution in [0.25, 0.3) is 0 Å². The van der Waals surface area contributed by atoms with Crippen molar-refractivity contribution in [3.63, 3.8) is 0 Å². The predicted molar refractivity (Wildman–Crippen MR) is 72.1 cm³/mol. The third kappa shape index (κ3) is 2.43. The second kappa shape index (κ2) is 5.11. The molecule has 0 aromatic rings. The summed E-state index contributed by atoms with van der Waals surface area (Å²) >= 11 is 0. The lowest BCUT2D eigenvalue weighted by atomic mass is 9.74. The first-order valence-electron chi connectivity index (χ1n) is 7.46. The fourth-order valence-electron chi connectivity index (χ4n) is 4.00. The van der Waals surface area contributed by atoms with Gasteiger partial charge < -0.3 is 4.90 Å². The van der Waals surface area contributed by atoms with Crippen LogP contribution in [0.2, 0.25) is 0 Å². The van der Waals surface area contributed by atoms with E-state index in [9.17, 15) is 0 Å². The van der Waals surface area contributed by atoms with E-state index < -0.39 is 0 Å². The highest BCUT2D eigenvalue weighted by Gasteiger charge is 2.34. The molecule has 0 radical (unpaired) electrons. The monoisotopic (exact) mass is 234 g/mol. The minimum Gasteiger partial charge on any atom is -0.304 e. The van der Waals surface area contributed by atoms with Gasteiger partial charge in [-0.05, 0) is 51.5 Å². The van der Waals surface area contributed by atoms with Crippen molar-refractivity contribution in [2.45, 2.75) is 44.6 Å². The fraction of sp³-hybridized carbons (Fsp3) is 0.867. The summed E-state index contributed by atoms with van der Waals surface area (Å²) in [6.07, 6.45) is 11.1. The number of allylic oxidation sites excluding steroid dienone is 1. The van der Waals surface area contributed by atoms with Gasteiger partial charge >= 0.3 is 0 Å². The second-order valence-electron chi connectivity index (χ2n) is 6.12. The molecule has 2 nitrogen and oxygen atoms in total. The Bertz CT molecular complexity index is 289. The van der Waals surface area contributed by atoms with Crippen molar-refractivity contribution in [1.82, 2.24) is 9.80 Å². The van der Waals surface area contributed by atoms with Gasteiger partial charge in [-0.2, -0.15) is 0 Å². The molecule has 2 atom stereocenters. The SMILES string of the molecule is CN1CCN(C2CCCC3=CCCCC32)CC1. The quantitative estimate of drug-likeness (QED) is 0.643. The molecule has 0 N–H and O–H groups in total.